The van der Waals surface area contributed by atoms with Gasteiger partial charge >= 0.3 is 0 Å². The van der Waals surface area contributed by atoms with Gasteiger partial charge in [-0.1, -0.05) is 50.2 Å². The van der Waals surface area contributed by atoms with Crippen molar-refractivity contribution >= 4 is 5.91 Å². The first-order valence-electron chi connectivity index (χ1n) is 8.25. The first kappa shape index (κ1) is 18.1. The molecule has 1 aromatic heterocycles. The Balaban J connectivity index is 2.21. The van der Waals surface area contributed by atoms with Crippen molar-refractivity contribution in [2.75, 3.05) is 0 Å². The standard InChI is InChI=1S/C20H25FN2O/c1-14(2)17(18(21)15-10-6-5-7-11-15)19(24)23-20(3,4)16-12-8-9-13-22-16/h5-14,17-18H,1-4H3,(H,23,24)/t17-,18-/m0/s1. The van der Waals surface area contributed by atoms with Crippen molar-refractivity contribution in [3.05, 3.63) is 66.0 Å². The topological polar surface area (TPSA) is 42.0 Å². The summed E-state index contributed by atoms with van der Waals surface area (Å²) >= 11 is 0. The fourth-order valence-corrected chi connectivity index (χ4v) is 2.81. The number of nitrogens with one attached hydrogen (secondary N) is 1. The van der Waals surface area contributed by atoms with Gasteiger partial charge in [-0.2, -0.15) is 0 Å². The molecular weight excluding hydrogens is 303 g/mol. The van der Waals surface area contributed by atoms with Gasteiger partial charge < -0.3 is 5.32 Å². The van der Waals surface area contributed by atoms with Crippen molar-refractivity contribution in [1.29, 1.82) is 0 Å². The van der Waals surface area contributed by atoms with E-state index < -0.39 is 17.6 Å². The summed E-state index contributed by atoms with van der Waals surface area (Å²) in [7, 11) is 0. The largest absolute Gasteiger partial charge is 0.345 e. The van der Waals surface area contributed by atoms with Crippen LogP contribution in [0.1, 0.15) is 45.1 Å². The number of carbonyl (C=O) groups excluding carboxylic acids is 1. The van der Waals surface area contributed by atoms with E-state index in [0.717, 1.165) is 5.69 Å². The lowest BCUT2D eigenvalue weighted by Gasteiger charge is -2.31. The fraction of sp³-hybridized carbons (Fsp3) is 0.400. The van der Waals surface area contributed by atoms with Gasteiger partial charge in [-0.25, -0.2) is 4.39 Å². The maximum absolute atomic E-state index is 15.0. The van der Waals surface area contributed by atoms with Crippen LogP contribution in [0.15, 0.2) is 54.7 Å². The summed E-state index contributed by atoms with van der Waals surface area (Å²) in [5.41, 5.74) is 0.611. The molecule has 0 radical (unpaired) electrons. The average molecular weight is 328 g/mol. The molecule has 0 aliphatic heterocycles. The molecule has 24 heavy (non-hydrogen) atoms. The Bertz CT molecular complexity index is 656. The summed E-state index contributed by atoms with van der Waals surface area (Å²) in [4.78, 5) is 17.1. The molecule has 3 nitrogen and oxygen atoms in total. The van der Waals surface area contributed by atoms with Gasteiger partial charge in [0.2, 0.25) is 5.91 Å². The van der Waals surface area contributed by atoms with E-state index in [1.807, 2.05) is 52.0 Å². The minimum Gasteiger partial charge on any atom is -0.345 e. The molecule has 2 aromatic rings. The second-order valence-corrected chi connectivity index (χ2v) is 6.91. The number of rotatable bonds is 6. The maximum atomic E-state index is 15.0. The zero-order valence-electron chi connectivity index (χ0n) is 14.7. The first-order chi connectivity index (χ1) is 11.3. The van der Waals surface area contributed by atoms with Crippen LogP contribution in [0.3, 0.4) is 0 Å². The molecule has 0 bridgehead atoms. The number of amides is 1. The molecule has 128 valence electrons. The van der Waals surface area contributed by atoms with Crippen molar-refractivity contribution in [2.24, 2.45) is 11.8 Å². The quantitative estimate of drug-likeness (QED) is 0.853. The summed E-state index contributed by atoms with van der Waals surface area (Å²) in [5, 5.41) is 2.96. The van der Waals surface area contributed by atoms with Crippen LogP contribution in [0.2, 0.25) is 0 Å². The molecule has 2 atom stereocenters. The number of aromatic nitrogens is 1. The van der Waals surface area contributed by atoms with Crippen LogP contribution in [0.25, 0.3) is 0 Å². The van der Waals surface area contributed by atoms with E-state index in [2.05, 4.69) is 10.3 Å². The van der Waals surface area contributed by atoms with Crippen molar-refractivity contribution in [1.82, 2.24) is 10.3 Å². The molecule has 1 N–H and O–H groups in total. The van der Waals surface area contributed by atoms with Crippen LogP contribution in [0.4, 0.5) is 4.39 Å². The maximum Gasteiger partial charge on any atom is 0.227 e. The summed E-state index contributed by atoms with van der Waals surface area (Å²) in [6.07, 6.45) is 0.344. The summed E-state index contributed by atoms with van der Waals surface area (Å²) in [6.45, 7) is 7.49. The highest BCUT2D eigenvalue weighted by molar-refractivity contribution is 5.80. The average Bonchev–Trinajstić information content (AvgIpc) is 2.55. The summed E-state index contributed by atoms with van der Waals surface area (Å²) < 4.78 is 15.0. The van der Waals surface area contributed by atoms with Crippen LogP contribution in [0.5, 0.6) is 0 Å². The predicted molar refractivity (Wildman–Crippen MR) is 94.0 cm³/mol. The van der Waals surface area contributed by atoms with Gasteiger partial charge in [-0.15, -0.1) is 0 Å². The monoisotopic (exact) mass is 328 g/mol. The Hall–Kier alpha value is -2.23. The molecule has 1 aromatic carbocycles. The van der Waals surface area contributed by atoms with Gasteiger partial charge in [0.1, 0.15) is 6.17 Å². The Morgan fingerprint density at radius 1 is 1.08 bits per heavy atom. The third-order valence-electron chi connectivity index (χ3n) is 4.20. The van der Waals surface area contributed by atoms with E-state index in [-0.39, 0.29) is 11.8 Å². The van der Waals surface area contributed by atoms with Crippen LogP contribution in [-0.2, 0) is 10.3 Å². The van der Waals surface area contributed by atoms with Gasteiger partial charge in [0.15, 0.2) is 0 Å². The molecule has 0 unspecified atom stereocenters. The van der Waals surface area contributed by atoms with E-state index >= 15 is 4.39 Å². The molecule has 0 saturated heterocycles. The lowest BCUT2D eigenvalue weighted by Crippen LogP contribution is -2.46. The van der Waals surface area contributed by atoms with Gasteiger partial charge in [-0.3, -0.25) is 9.78 Å². The van der Waals surface area contributed by atoms with Crippen molar-refractivity contribution in [3.63, 3.8) is 0 Å². The number of benzene rings is 1. The fourth-order valence-electron chi connectivity index (χ4n) is 2.81. The van der Waals surface area contributed by atoms with E-state index in [9.17, 15) is 4.79 Å². The van der Waals surface area contributed by atoms with Crippen LogP contribution >= 0.6 is 0 Å². The molecule has 0 saturated carbocycles. The molecule has 4 heteroatoms. The van der Waals surface area contributed by atoms with Crippen LogP contribution < -0.4 is 5.32 Å². The molecule has 0 aliphatic carbocycles. The van der Waals surface area contributed by atoms with Gasteiger partial charge in [0.25, 0.3) is 0 Å². The number of alkyl halides is 1. The van der Waals surface area contributed by atoms with Gasteiger partial charge in [-0.05, 0) is 37.5 Å². The molecule has 1 heterocycles. The van der Waals surface area contributed by atoms with Crippen molar-refractivity contribution in [3.8, 4) is 0 Å². The van der Waals surface area contributed by atoms with Crippen LogP contribution in [0, 0.1) is 11.8 Å². The highest BCUT2D eigenvalue weighted by Gasteiger charge is 2.35. The minimum atomic E-state index is -1.34. The SMILES string of the molecule is CC(C)[C@H](C(=O)NC(C)(C)c1ccccn1)[C@@H](F)c1ccccc1. The number of carbonyl (C=O) groups is 1. The molecule has 0 spiro atoms. The second-order valence-electron chi connectivity index (χ2n) is 6.91. The lowest BCUT2D eigenvalue weighted by molar-refractivity contribution is -0.130. The zero-order valence-corrected chi connectivity index (χ0v) is 14.7. The molecule has 1 amide bonds. The summed E-state index contributed by atoms with van der Waals surface area (Å²) in [5.74, 6) is -1.17. The Kier molecular flexibility index (Phi) is 5.71. The third kappa shape index (κ3) is 4.19. The molecule has 0 aliphatic rings. The van der Waals surface area contributed by atoms with Gasteiger partial charge in [0, 0.05) is 6.20 Å². The number of halogens is 1. The number of hydrogen-bond acceptors (Lipinski definition) is 2. The van der Waals surface area contributed by atoms with Crippen molar-refractivity contribution < 1.29 is 9.18 Å². The van der Waals surface area contributed by atoms with E-state index in [1.54, 1.807) is 30.5 Å². The predicted octanol–water partition coefficient (Wildman–Crippen LogP) is 4.42. The highest BCUT2D eigenvalue weighted by atomic mass is 19.1. The zero-order chi connectivity index (χ0) is 17.7. The van der Waals surface area contributed by atoms with Crippen LogP contribution in [-0.4, -0.2) is 10.9 Å². The Morgan fingerprint density at radius 2 is 1.71 bits per heavy atom. The number of nitrogens with zero attached hydrogens (tertiary/aromatic N) is 1. The van der Waals surface area contributed by atoms with Crippen molar-refractivity contribution in [2.45, 2.75) is 39.4 Å². The smallest absolute Gasteiger partial charge is 0.227 e. The second kappa shape index (κ2) is 7.56. The minimum absolute atomic E-state index is 0.125. The normalized spacial score (nSPS) is 14.2. The molecular formula is C20H25FN2O. The lowest BCUT2D eigenvalue weighted by atomic mass is 9.85. The summed E-state index contributed by atoms with van der Waals surface area (Å²) in [6, 6.07) is 14.4. The van der Waals surface area contributed by atoms with Gasteiger partial charge in [0.05, 0.1) is 17.2 Å². The number of hydrogen-bond donors (Lipinski definition) is 1. The highest BCUT2D eigenvalue weighted by Crippen LogP contribution is 2.32. The van der Waals surface area contributed by atoms with E-state index in [4.69, 9.17) is 0 Å². The Labute approximate surface area is 143 Å². The first-order valence-corrected chi connectivity index (χ1v) is 8.25. The third-order valence-corrected chi connectivity index (χ3v) is 4.20. The molecule has 2 rings (SSSR count). The van der Waals surface area contributed by atoms with E-state index in [0.29, 0.717) is 5.56 Å². The Morgan fingerprint density at radius 3 is 2.25 bits per heavy atom. The molecule has 0 fully saturated rings. The van der Waals surface area contributed by atoms with E-state index in [1.165, 1.54) is 0 Å². The number of pyridine rings is 1.